The predicted molar refractivity (Wildman–Crippen MR) is 70.1 cm³/mol. The maximum atomic E-state index is 11.1. The third kappa shape index (κ3) is 3.98. The second-order valence-corrected chi connectivity index (χ2v) is 5.82. The Kier molecular flexibility index (Phi) is 4.89. The minimum absolute atomic E-state index is 0.0127. The minimum atomic E-state index is -0.916. The minimum Gasteiger partial charge on any atom is -0.383 e. The largest absolute Gasteiger partial charge is 0.383 e. The molecule has 0 aliphatic carbocycles. The molecule has 0 saturated carbocycles. The predicted octanol–water partition coefficient (Wildman–Crippen LogP) is 2.43. The van der Waals surface area contributed by atoms with E-state index in [0.717, 1.165) is 0 Å². The molecular formula is C10H13ClN2O3S. The van der Waals surface area contributed by atoms with Crippen LogP contribution in [0.5, 0.6) is 0 Å². The van der Waals surface area contributed by atoms with Crippen LogP contribution in [-0.4, -0.2) is 27.2 Å². The number of nitrogens with zero attached hydrogens (tertiary/aromatic N) is 1. The van der Waals surface area contributed by atoms with Gasteiger partial charge < -0.3 is 5.32 Å². The molecule has 1 aromatic carbocycles. The molecule has 0 saturated heterocycles. The molecule has 94 valence electrons. The molecule has 17 heavy (non-hydrogen) atoms. The molecule has 0 amide bonds. The summed E-state index contributed by atoms with van der Waals surface area (Å²) in [5, 5.41) is 13.8. The molecule has 0 heterocycles. The summed E-state index contributed by atoms with van der Waals surface area (Å²) in [5.74, 6) is 0. The van der Waals surface area contributed by atoms with Crippen molar-refractivity contribution in [3.05, 3.63) is 33.3 Å². The van der Waals surface area contributed by atoms with Crippen LogP contribution in [0.25, 0.3) is 0 Å². The first kappa shape index (κ1) is 13.9. The van der Waals surface area contributed by atoms with Crippen molar-refractivity contribution in [1.29, 1.82) is 0 Å². The molecular weight excluding hydrogens is 264 g/mol. The summed E-state index contributed by atoms with van der Waals surface area (Å²) in [4.78, 5) is 10.0. The molecule has 2 atom stereocenters. The van der Waals surface area contributed by atoms with Crippen molar-refractivity contribution in [1.82, 2.24) is 0 Å². The fraction of sp³-hybridized carbons (Fsp3) is 0.400. The number of halogens is 1. The summed E-state index contributed by atoms with van der Waals surface area (Å²) in [7, 11) is -0.916. The highest BCUT2D eigenvalue weighted by molar-refractivity contribution is 7.84. The van der Waals surface area contributed by atoms with Crippen molar-refractivity contribution in [3.63, 3.8) is 0 Å². The highest BCUT2D eigenvalue weighted by atomic mass is 35.5. The van der Waals surface area contributed by atoms with Gasteiger partial charge in [-0.3, -0.25) is 14.3 Å². The number of rotatable bonds is 5. The Labute approximate surface area is 107 Å². The molecule has 2 unspecified atom stereocenters. The molecule has 0 aliphatic heterocycles. The van der Waals surface area contributed by atoms with Crippen LogP contribution in [0.3, 0.4) is 0 Å². The summed E-state index contributed by atoms with van der Waals surface area (Å²) < 4.78 is 11.1. The highest BCUT2D eigenvalue weighted by Crippen LogP contribution is 2.26. The zero-order valence-corrected chi connectivity index (χ0v) is 11.0. The maximum Gasteiger partial charge on any atom is 0.271 e. The van der Waals surface area contributed by atoms with E-state index in [9.17, 15) is 14.3 Å². The summed E-state index contributed by atoms with van der Waals surface area (Å²) in [6.45, 7) is 2.35. The average molecular weight is 277 g/mol. The van der Waals surface area contributed by atoms with E-state index < -0.39 is 15.7 Å². The van der Waals surface area contributed by atoms with Gasteiger partial charge in [0.2, 0.25) is 0 Å². The van der Waals surface area contributed by atoms with Crippen LogP contribution in [0.15, 0.2) is 18.2 Å². The van der Waals surface area contributed by atoms with Crippen LogP contribution in [-0.2, 0) is 10.8 Å². The Morgan fingerprint density at radius 1 is 1.59 bits per heavy atom. The Balaban J connectivity index is 2.73. The van der Waals surface area contributed by atoms with Crippen molar-refractivity contribution < 1.29 is 9.13 Å². The lowest BCUT2D eigenvalue weighted by Crippen LogP contribution is -2.20. The number of hydrogen-bond acceptors (Lipinski definition) is 4. The van der Waals surface area contributed by atoms with E-state index in [2.05, 4.69) is 5.32 Å². The van der Waals surface area contributed by atoms with E-state index in [4.69, 9.17) is 11.6 Å². The SMILES string of the molecule is CC(CNc1ccc([N+](=O)[O-])cc1Cl)S(C)=O. The van der Waals surface area contributed by atoms with Gasteiger partial charge in [-0.2, -0.15) is 0 Å². The number of anilines is 1. The second-order valence-electron chi connectivity index (χ2n) is 3.61. The van der Waals surface area contributed by atoms with Gasteiger partial charge in [0.1, 0.15) is 0 Å². The van der Waals surface area contributed by atoms with Crippen LogP contribution >= 0.6 is 11.6 Å². The lowest BCUT2D eigenvalue weighted by Gasteiger charge is -2.12. The Bertz CT molecular complexity index is 453. The highest BCUT2D eigenvalue weighted by Gasteiger charge is 2.11. The molecule has 7 heteroatoms. The van der Waals surface area contributed by atoms with Crippen LogP contribution in [0, 0.1) is 10.1 Å². The van der Waals surface area contributed by atoms with Gasteiger partial charge >= 0.3 is 0 Å². The number of benzene rings is 1. The smallest absolute Gasteiger partial charge is 0.271 e. The van der Waals surface area contributed by atoms with Gasteiger partial charge in [0, 0.05) is 41.0 Å². The van der Waals surface area contributed by atoms with Crippen molar-refractivity contribution in [3.8, 4) is 0 Å². The lowest BCUT2D eigenvalue weighted by atomic mass is 10.3. The van der Waals surface area contributed by atoms with E-state index in [1.165, 1.54) is 12.1 Å². The number of hydrogen-bond donors (Lipinski definition) is 1. The van der Waals surface area contributed by atoms with Gasteiger partial charge in [0.15, 0.2) is 0 Å². The van der Waals surface area contributed by atoms with Gasteiger partial charge in [-0.05, 0) is 13.0 Å². The first-order valence-corrected chi connectivity index (χ1v) is 6.91. The Morgan fingerprint density at radius 3 is 2.71 bits per heavy atom. The fourth-order valence-electron chi connectivity index (χ4n) is 1.13. The van der Waals surface area contributed by atoms with Gasteiger partial charge in [-0.25, -0.2) is 0 Å². The van der Waals surface area contributed by atoms with E-state index >= 15 is 0 Å². The summed E-state index contributed by atoms with van der Waals surface area (Å²) in [6, 6.07) is 4.21. The van der Waals surface area contributed by atoms with E-state index in [-0.39, 0.29) is 16.0 Å². The summed E-state index contributed by atoms with van der Waals surface area (Å²) in [5.41, 5.74) is 0.558. The van der Waals surface area contributed by atoms with Crippen LogP contribution in [0.4, 0.5) is 11.4 Å². The standard InChI is InChI=1S/C10H13ClN2O3S/c1-7(17(2)16)6-12-10-4-3-8(13(14)15)5-9(10)11/h3-5,7,12H,6H2,1-2H3. The van der Waals surface area contributed by atoms with Crippen molar-refractivity contribution in [2.45, 2.75) is 12.2 Å². The van der Waals surface area contributed by atoms with E-state index in [0.29, 0.717) is 12.2 Å². The topological polar surface area (TPSA) is 72.2 Å². The first-order chi connectivity index (χ1) is 7.91. The monoisotopic (exact) mass is 276 g/mol. The number of non-ortho nitro benzene ring substituents is 1. The quantitative estimate of drug-likeness (QED) is 0.662. The Morgan fingerprint density at radius 2 is 2.24 bits per heavy atom. The molecule has 1 rings (SSSR count). The Hall–Kier alpha value is -1.14. The first-order valence-electron chi connectivity index (χ1n) is 4.92. The molecule has 0 aromatic heterocycles. The molecule has 5 nitrogen and oxygen atoms in total. The van der Waals surface area contributed by atoms with E-state index in [1.54, 1.807) is 12.3 Å². The number of nitro benzene ring substituents is 1. The van der Waals surface area contributed by atoms with Gasteiger partial charge in [0.05, 0.1) is 15.6 Å². The van der Waals surface area contributed by atoms with Crippen molar-refractivity contribution in [2.24, 2.45) is 0 Å². The van der Waals surface area contributed by atoms with Crippen LogP contribution in [0.2, 0.25) is 5.02 Å². The van der Waals surface area contributed by atoms with Crippen molar-refractivity contribution in [2.75, 3.05) is 18.1 Å². The number of nitro groups is 1. The zero-order valence-electron chi connectivity index (χ0n) is 9.47. The molecule has 0 spiro atoms. The molecule has 0 fully saturated rings. The van der Waals surface area contributed by atoms with Crippen LogP contribution < -0.4 is 5.32 Å². The lowest BCUT2D eigenvalue weighted by molar-refractivity contribution is -0.384. The average Bonchev–Trinajstić information content (AvgIpc) is 2.26. The summed E-state index contributed by atoms with van der Waals surface area (Å²) in [6.07, 6.45) is 1.63. The second kappa shape index (κ2) is 5.97. The molecule has 1 N–H and O–H groups in total. The van der Waals surface area contributed by atoms with Crippen molar-refractivity contribution >= 4 is 33.8 Å². The fourth-order valence-corrected chi connectivity index (χ4v) is 1.69. The summed E-state index contributed by atoms with van der Waals surface area (Å²) >= 11 is 5.89. The molecule has 0 aliphatic rings. The molecule has 0 radical (unpaired) electrons. The molecule has 0 bridgehead atoms. The third-order valence-corrected chi connectivity index (χ3v) is 3.92. The normalized spacial score (nSPS) is 14.1. The van der Waals surface area contributed by atoms with Crippen LogP contribution in [0.1, 0.15) is 6.92 Å². The van der Waals surface area contributed by atoms with Gasteiger partial charge in [-0.15, -0.1) is 0 Å². The van der Waals surface area contributed by atoms with Gasteiger partial charge in [-0.1, -0.05) is 11.6 Å². The molecule has 1 aromatic rings. The van der Waals surface area contributed by atoms with E-state index in [1.807, 2.05) is 6.92 Å². The maximum absolute atomic E-state index is 11.1. The van der Waals surface area contributed by atoms with Gasteiger partial charge in [0.25, 0.3) is 5.69 Å². The zero-order chi connectivity index (χ0) is 13.0. The number of nitrogens with one attached hydrogen (secondary N) is 1. The third-order valence-electron chi connectivity index (χ3n) is 2.31.